The van der Waals surface area contributed by atoms with Crippen LogP contribution in [-0.2, 0) is 0 Å². The van der Waals surface area contributed by atoms with Crippen molar-refractivity contribution in [1.29, 1.82) is 0 Å². The van der Waals surface area contributed by atoms with Crippen LogP contribution in [0.2, 0.25) is 0 Å². The Bertz CT molecular complexity index is 118. The van der Waals surface area contributed by atoms with Crippen molar-refractivity contribution in [3.63, 3.8) is 0 Å². The van der Waals surface area contributed by atoms with Gasteiger partial charge in [-0.15, -0.1) is 0 Å². The normalized spacial score (nSPS) is 13.5. The molecule has 0 N–H and O–H groups in total. The molecule has 1 unspecified atom stereocenters. The van der Waals surface area contributed by atoms with Crippen molar-refractivity contribution in [3.8, 4) is 0 Å². The van der Waals surface area contributed by atoms with E-state index in [9.17, 15) is 0 Å². The fourth-order valence-electron chi connectivity index (χ4n) is 0.661. The van der Waals surface area contributed by atoms with Gasteiger partial charge in [-0.2, -0.15) is 5.10 Å². The molecule has 2 nitrogen and oxygen atoms in total. The fourth-order valence-corrected chi connectivity index (χ4v) is 0.661. The molecular weight excluding hydrogens is 124 g/mol. The number of hydrogen-bond acceptors (Lipinski definition) is 2. The van der Waals surface area contributed by atoms with Gasteiger partial charge in [0.2, 0.25) is 0 Å². The topological polar surface area (TPSA) is 15.6 Å². The van der Waals surface area contributed by atoms with Crippen molar-refractivity contribution in [3.05, 3.63) is 12.8 Å². The Kier molecular flexibility index (Phi) is 4.63. The molecular formula is C8H16N2. The first-order valence-electron chi connectivity index (χ1n) is 3.65. The molecule has 0 saturated carbocycles. The lowest BCUT2D eigenvalue weighted by Crippen LogP contribution is -2.21. The molecule has 0 aliphatic carbocycles. The van der Waals surface area contributed by atoms with Gasteiger partial charge in [-0.3, -0.25) is 5.01 Å². The van der Waals surface area contributed by atoms with Gasteiger partial charge in [-0.05, 0) is 20.3 Å². The van der Waals surface area contributed by atoms with E-state index in [-0.39, 0.29) is 0 Å². The monoisotopic (exact) mass is 140 g/mol. The zero-order valence-electron chi connectivity index (χ0n) is 7.04. The number of nitrogens with zero attached hydrogens (tertiary/aromatic N) is 2. The van der Waals surface area contributed by atoms with Crippen LogP contribution in [0.5, 0.6) is 0 Å². The summed E-state index contributed by atoms with van der Waals surface area (Å²) in [6.45, 7) is 9.81. The van der Waals surface area contributed by atoms with Crippen LogP contribution in [0.25, 0.3) is 0 Å². The van der Waals surface area contributed by atoms with E-state index >= 15 is 0 Å². The Morgan fingerprint density at radius 1 is 1.70 bits per heavy atom. The number of hydrogen-bond donors (Lipinski definition) is 0. The minimum atomic E-state index is 0.452. The Morgan fingerprint density at radius 3 is 2.60 bits per heavy atom. The van der Waals surface area contributed by atoms with E-state index < -0.39 is 0 Å². The fraction of sp³-hybridized carbons (Fsp3) is 0.625. The molecule has 0 aliphatic rings. The third kappa shape index (κ3) is 2.67. The van der Waals surface area contributed by atoms with E-state index in [1.54, 1.807) is 12.4 Å². The second-order valence-electron chi connectivity index (χ2n) is 2.19. The van der Waals surface area contributed by atoms with Crippen LogP contribution < -0.4 is 0 Å². The molecule has 0 spiro atoms. The molecule has 2 heteroatoms. The minimum absolute atomic E-state index is 0.452. The summed E-state index contributed by atoms with van der Waals surface area (Å²) in [5.41, 5.74) is 0. The Hall–Kier alpha value is -0.790. The molecule has 0 fully saturated rings. The minimum Gasteiger partial charge on any atom is -0.271 e. The van der Waals surface area contributed by atoms with Crippen molar-refractivity contribution in [2.45, 2.75) is 33.2 Å². The first-order valence-corrected chi connectivity index (χ1v) is 3.65. The third-order valence-electron chi connectivity index (χ3n) is 1.48. The molecule has 10 heavy (non-hydrogen) atoms. The largest absolute Gasteiger partial charge is 0.271 e. The molecule has 0 rings (SSSR count). The average molecular weight is 140 g/mol. The average Bonchev–Trinajstić information content (AvgIpc) is 1.99. The van der Waals surface area contributed by atoms with Crippen molar-refractivity contribution in [2.24, 2.45) is 5.10 Å². The standard InChI is InChI=1S/C8H16N2/c1-5-8(4)10(7-3)9-6-2/h6-8H,3,5H2,1-2,4H3/b9-6-. The van der Waals surface area contributed by atoms with Gasteiger partial charge in [0, 0.05) is 18.5 Å². The molecule has 0 bridgehead atoms. The Balaban J connectivity index is 3.92. The van der Waals surface area contributed by atoms with Crippen LogP contribution in [0.4, 0.5) is 0 Å². The summed E-state index contributed by atoms with van der Waals surface area (Å²) < 4.78 is 0. The molecule has 0 saturated heterocycles. The van der Waals surface area contributed by atoms with E-state index in [2.05, 4.69) is 25.5 Å². The van der Waals surface area contributed by atoms with Crippen LogP contribution in [-0.4, -0.2) is 17.3 Å². The lowest BCUT2D eigenvalue weighted by Gasteiger charge is -2.20. The van der Waals surface area contributed by atoms with Crippen molar-refractivity contribution < 1.29 is 0 Å². The van der Waals surface area contributed by atoms with Gasteiger partial charge in [0.25, 0.3) is 0 Å². The summed E-state index contributed by atoms with van der Waals surface area (Å²) in [5.74, 6) is 0. The highest BCUT2D eigenvalue weighted by molar-refractivity contribution is 5.52. The molecule has 0 aromatic rings. The highest BCUT2D eigenvalue weighted by Crippen LogP contribution is 2.02. The van der Waals surface area contributed by atoms with Crippen LogP contribution in [0, 0.1) is 0 Å². The van der Waals surface area contributed by atoms with Gasteiger partial charge < -0.3 is 0 Å². The van der Waals surface area contributed by atoms with E-state index in [0.29, 0.717) is 6.04 Å². The number of hydrazone groups is 1. The molecule has 0 aromatic heterocycles. The highest BCUT2D eigenvalue weighted by Gasteiger charge is 2.02. The van der Waals surface area contributed by atoms with E-state index in [1.165, 1.54) is 0 Å². The molecule has 0 heterocycles. The molecule has 0 amide bonds. The highest BCUT2D eigenvalue weighted by atomic mass is 15.4. The Labute approximate surface area is 63.2 Å². The summed E-state index contributed by atoms with van der Waals surface area (Å²) in [5, 5.41) is 5.96. The first-order chi connectivity index (χ1) is 4.76. The predicted octanol–water partition coefficient (Wildman–Crippen LogP) is 2.24. The SMILES string of the molecule is C=CN(/N=C\C)C(C)CC. The van der Waals surface area contributed by atoms with Crippen LogP contribution in [0.1, 0.15) is 27.2 Å². The number of rotatable bonds is 4. The maximum atomic E-state index is 4.10. The molecule has 0 radical (unpaired) electrons. The molecule has 0 aliphatic heterocycles. The third-order valence-corrected chi connectivity index (χ3v) is 1.48. The smallest absolute Gasteiger partial charge is 0.0488 e. The first kappa shape index (κ1) is 9.21. The summed E-state index contributed by atoms with van der Waals surface area (Å²) in [6, 6.07) is 0.452. The maximum absolute atomic E-state index is 4.10. The zero-order chi connectivity index (χ0) is 7.98. The van der Waals surface area contributed by atoms with Gasteiger partial charge in [0.05, 0.1) is 0 Å². The summed E-state index contributed by atoms with van der Waals surface area (Å²) in [6.07, 6.45) is 4.60. The second kappa shape index (κ2) is 5.03. The summed E-state index contributed by atoms with van der Waals surface area (Å²) in [7, 11) is 0. The predicted molar refractivity (Wildman–Crippen MR) is 46.0 cm³/mol. The molecule has 1 atom stereocenters. The summed E-state index contributed by atoms with van der Waals surface area (Å²) >= 11 is 0. The van der Waals surface area contributed by atoms with E-state index in [0.717, 1.165) is 6.42 Å². The molecule has 58 valence electrons. The maximum Gasteiger partial charge on any atom is 0.0488 e. The van der Waals surface area contributed by atoms with E-state index in [4.69, 9.17) is 0 Å². The second-order valence-corrected chi connectivity index (χ2v) is 2.19. The van der Waals surface area contributed by atoms with Crippen LogP contribution in [0.3, 0.4) is 0 Å². The zero-order valence-corrected chi connectivity index (χ0v) is 7.04. The Morgan fingerprint density at radius 2 is 2.30 bits per heavy atom. The van der Waals surface area contributed by atoms with Crippen molar-refractivity contribution in [2.75, 3.05) is 0 Å². The van der Waals surface area contributed by atoms with Crippen molar-refractivity contribution >= 4 is 6.21 Å². The van der Waals surface area contributed by atoms with Gasteiger partial charge in [0.15, 0.2) is 0 Å². The lowest BCUT2D eigenvalue weighted by atomic mass is 10.2. The van der Waals surface area contributed by atoms with Crippen molar-refractivity contribution in [1.82, 2.24) is 5.01 Å². The van der Waals surface area contributed by atoms with Crippen LogP contribution >= 0.6 is 0 Å². The summed E-state index contributed by atoms with van der Waals surface area (Å²) in [4.78, 5) is 0. The van der Waals surface area contributed by atoms with Crippen LogP contribution in [0.15, 0.2) is 17.9 Å². The van der Waals surface area contributed by atoms with Gasteiger partial charge in [-0.25, -0.2) is 0 Å². The van der Waals surface area contributed by atoms with Gasteiger partial charge >= 0.3 is 0 Å². The quantitative estimate of drug-likeness (QED) is 0.432. The molecule has 0 aromatic carbocycles. The van der Waals surface area contributed by atoms with Gasteiger partial charge in [-0.1, -0.05) is 13.5 Å². The van der Waals surface area contributed by atoms with Gasteiger partial charge in [0.1, 0.15) is 0 Å². The van der Waals surface area contributed by atoms with E-state index in [1.807, 2.05) is 11.9 Å². The lowest BCUT2D eigenvalue weighted by molar-refractivity contribution is 0.302.